The van der Waals surface area contributed by atoms with Gasteiger partial charge in [0.25, 0.3) is 0 Å². The summed E-state index contributed by atoms with van der Waals surface area (Å²) < 4.78 is 5.10. The topological polar surface area (TPSA) is 53.2 Å². The number of aliphatic hydroxyl groups is 1. The average molecular weight is 287 g/mol. The van der Waals surface area contributed by atoms with E-state index in [0.29, 0.717) is 6.61 Å². The number of ether oxygens (including phenoxy) is 1. The van der Waals surface area contributed by atoms with Gasteiger partial charge in [-0.15, -0.1) is 0 Å². The summed E-state index contributed by atoms with van der Waals surface area (Å²) in [5.41, 5.74) is 1.30. The minimum absolute atomic E-state index is 0.569. The third-order valence-corrected chi connectivity index (χ3v) is 4.60. The molecule has 1 aromatic rings. The number of methoxy groups -OCH3 is 1. The lowest BCUT2D eigenvalue weighted by Crippen LogP contribution is -2.28. The molecule has 0 amide bonds. The highest BCUT2D eigenvalue weighted by Gasteiger charge is 2.38. The number of hydrogen-bond acceptors (Lipinski definition) is 3. The number of nitrogens with zero attached hydrogens (tertiary/aromatic N) is 1. The molecule has 0 aliphatic heterocycles. The van der Waals surface area contributed by atoms with Crippen LogP contribution in [-0.2, 0) is 11.3 Å². The molecule has 21 heavy (non-hydrogen) atoms. The van der Waals surface area contributed by atoms with Gasteiger partial charge in [-0.25, -0.2) is 0 Å². The van der Waals surface area contributed by atoms with Crippen molar-refractivity contribution in [3.05, 3.63) is 35.4 Å². The SMILES string of the molecule is COCc1ccc(C(O)C2(C#N)CCCCCCC2)cc1. The van der Waals surface area contributed by atoms with Gasteiger partial charge >= 0.3 is 0 Å². The molecule has 1 atom stereocenters. The second kappa shape index (κ2) is 7.59. The van der Waals surface area contributed by atoms with Crippen LogP contribution in [0.25, 0.3) is 0 Å². The van der Waals surface area contributed by atoms with Crippen molar-refractivity contribution in [2.45, 2.75) is 57.7 Å². The first-order valence-corrected chi connectivity index (χ1v) is 7.89. The molecule has 1 saturated carbocycles. The Bertz CT molecular complexity index is 467. The van der Waals surface area contributed by atoms with Crippen LogP contribution in [0.5, 0.6) is 0 Å². The smallest absolute Gasteiger partial charge is 0.0976 e. The monoisotopic (exact) mass is 287 g/mol. The molecule has 0 aromatic heterocycles. The van der Waals surface area contributed by atoms with Crippen molar-refractivity contribution in [1.29, 1.82) is 5.26 Å². The second-order valence-electron chi connectivity index (χ2n) is 6.11. The normalized spacial score (nSPS) is 20.0. The van der Waals surface area contributed by atoms with Crippen LogP contribution in [0.4, 0.5) is 0 Å². The maximum Gasteiger partial charge on any atom is 0.0976 e. The highest BCUT2D eigenvalue weighted by molar-refractivity contribution is 5.27. The van der Waals surface area contributed by atoms with E-state index in [1.165, 1.54) is 19.3 Å². The van der Waals surface area contributed by atoms with Gasteiger partial charge in [0.15, 0.2) is 0 Å². The molecule has 2 rings (SSSR count). The van der Waals surface area contributed by atoms with Crippen LogP contribution in [0.1, 0.15) is 62.2 Å². The van der Waals surface area contributed by atoms with E-state index < -0.39 is 11.5 Å². The van der Waals surface area contributed by atoms with E-state index in [9.17, 15) is 10.4 Å². The zero-order valence-corrected chi connectivity index (χ0v) is 12.8. The Hall–Kier alpha value is -1.37. The van der Waals surface area contributed by atoms with Crippen LogP contribution in [0.2, 0.25) is 0 Å². The lowest BCUT2D eigenvalue weighted by atomic mass is 9.71. The van der Waals surface area contributed by atoms with Gasteiger partial charge in [-0.2, -0.15) is 5.26 Å². The van der Waals surface area contributed by atoms with Gasteiger partial charge in [-0.1, -0.05) is 56.4 Å². The van der Waals surface area contributed by atoms with Crippen molar-refractivity contribution in [2.75, 3.05) is 7.11 Å². The van der Waals surface area contributed by atoms with Gasteiger partial charge in [0.1, 0.15) is 0 Å². The summed E-state index contributed by atoms with van der Waals surface area (Å²) in [5.74, 6) is 0. The second-order valence-corrected chi connectivity index (χ2v) is 6.11. The van der Waals surface area contributed by atoms with E-state index in [0.717, 1.165) is 36.8 Å². The average Bonchev–Trinajstić information content (AvgIpc) is 2.48. The largest absolute Gasteiger partial charge is 0.387 e. The van der Waals surface area contributed by atoms with Crippen molar-refractivity contribution in [2.24, 2.45) is 5.41 Å². The highest BCUT2D eigenvalue weighted by Crippen LogP contribution is 2.44. The molecule has 1 aromatic carbocycles. The first kappa shape index (κ1) is 16.0. The Kier molecular flexibility index (Phi) is 5.78. The maximum atomic E-state index is 10.8. The summed E-state index contributed by atoms with van der Waals surface area (Å²) in [6.45, 7) is 0.569. The number of benzene rings is 1. The van der Waals surface area contributed by atoms with Gasteiger partial charge in [-0.05, 0) is 24.0 Å². The van der Waals surface area contributed by atoms with Crippen LogP contribution < -0.4 is 0 Å². The lowest BCUT2D eigenvalue weighted by molar-refractivity contribution is 0.0434. The van der Waals surface area contributed by atoms with Crippen molar-refractivity contribution in [1.82, 2.24) is 0 Å². The molecule has 3 heteroatoms. The summed E-state index contributed by atoms with van der Waals surface area (Å²) in [5, 5.41) is 20.5. The first-order valence-electron chi connectivity index (χ1n) is 7.89. The molecule has 0 radical (unpaired) electrons. The number of hydrogen-bond donors (Lipinski definition) is 1. The van der Waals surface area contributed by atoms with Crippen LogP contribution in [0, 0.1) is 16.7 Å². The van der Waals surface area contributed by atoms with Gasteiger partial charge in [0, 0.05) is 7.11 Å². The molecule has 3 nitrogen and oxygen atoms in total. The zero-order valence-electron chi connectivity index (χ0n) is 12.8. The fourth-order valence-electron chi connectivity index (χ4n) is 3.26. The van der Waals surface area contributed by atoms with E-state index in [-0.39, 0.29) is 0 Å². The van der Waals surface area contributed by atoms with Crippen molar-refractivity contribution in [3.63, 3.8) is 0 Å². The molecular formula is C18H25NO2. The van der Waals surface area contributed by atoms with Crippen LogP contribution >= 0.6 is 0 Å². The van der Waals surface area contributed by atoms with Crippen molar-refractivity contribution >= 4 is 0 Å². The highest BCUT2D eigenvalue weighted by atomic mass is 16.5. The number of nitriles is 1. The summed E-state index contributed by atoms with van der Waals surface area (Å²) in [4.78, 5) is 0. The van der Waals surface area contributed by atoms with E-state index in [1.54, 1.807) is 7.11 Å². The Labute approximate surface area is 127 Å². The molecule has 0 heterocycles. The molecule has 0 saturated heterocycles. The van der Waals surface area contributed by atoms with E-state index in [4.69, 9.17) is 4.74 Å². The summed E-state index contributed by atoms with van der Waals surface area (Å²) in [6, 6.07) is 10.2. The molecule has 114 valence electrons. The number of aliphatic hydroxyl groups excluding tert-OH is 1. The molecular weight excluding hydrogens is 262 g/mol. The maximum absolute atomic E-state index is 10.8. The first-order chi connectivity index (χ1) is 10.2. The van der Waals surface area contributed by atoms with Gasteiger partial charge < -0.3 is 9.84 Å². The van der Waals surface area contributed by atoms with E-state index >= 15 is 0 Å². The molecule has 1 N–H and O–H groups in total. The van der Waals surface area contributed by atoms with E-state index in [2.05, 4.69) is 6.07 Å². The van der Waals surface area contributed by atoms with Gasteiger partial charge in [0.05, 0.1) is 24.2 Å². The Morgan fingerprint density at radius 3 is 2.24 bits per heavy atom. The zero-order chi connectivity index (χ0) is 15.1. The Morgan fingerprint density at radius 1 is 1.14 bits per heavy atom. The molecule has 1 unspecified atom stereocenters. The van der Waals surface area contributed by atoms with Crippen molar-refractivity contribution < 1.29 is 9.84 Å². The van der Waals surface area contributed by atoms with E-state index in [1.807, 2.05) is 24.3 Å². The summed E-state index contributed by atoms with van der Waals surface area (Å²) in [6.07, 6.45) is 6.56. The quantitative estimate of drug-likeness (QED) is 0.906. The molecule has 0 bridgehead atoms. The lowest BCUT2D eigenvalue weighted by Gasteiger charge is -2.33. The summed E-state index contributed by atoms with van der Waals surface area (Å²) in [7, 11) is 1.67. The predicted octanol–water partition coefficient (Wildman–Crippen LogP) is 4.12. The van der Waals surface area contributed by atoms with Crippen LogP contribution in [0.3, 0.4) is 0 Å². The Balaban J connectivity index is 2.17. The van der Waals surface area contributed by atoms with Gasteiger partial charge in [0.2, 0.25) is 0 Å². The molecule has 1 aliphatic rings. The number of rotatable bonds is 4. The predicted molar refractivity (Wildman–Crippen MR) is 82.5 cm³/mol. The minimum Gasteiger partial charge on any atom is -0.387 e. The fraction of sp³-hybridized carbons (Fsp3) is 0.611. The standard InChI is InChI=1S/C18H25NO2/c1-21-13-15-7-9-16(10-8-15)17(20)18(14-19)11-5-3-2-4-6-12-18/h7-10,17,20H,2-6,11-13H2,1H3. The van der Waals surface area contributed by atoms with Crippen molar-refractivity contribution in [3.8, 4) is 6.07 Å². The third kappa shape index (κ3) is 3.84. The van der Waals surface area contributed by atoms with Gasteiger partial charge in [-0.3, -0.25) is 0 Å². The molecule has 1 aliphatic carbocycles. The summed E-state index contributed by atoms with van der Waals surface area (Å²) >= 11 is 0. The third-order valence-electron chi connectivity index (χ3n) is 4.60. The molecule has 0 spiro atoms. The minimum atomic E-state index is -0.697. The van der Waals surface area contributed by atoms with Crippen LogP contribution in [0.15, 0.2) is 24.3 Å². The van der Waals surface area contributed by atoms with Crippen LogP contribution in [-0.4, -0.2) is 12.2 Å². The molecule has 1 fully saturated rings. The Morgan fingerprint density at radius 2 is 1.71 bits per heavy atom. The fourth-order valence-corrected chi connectivity index (χ4v) is 3.26.